The van der Waals surface area contributed by atoms with Crippen molar-refractivity contribution in [1.82, 2.24) is 25.5 Å². The Labute approximate surface area is 105 Å². The Morgan fingerprint density at radius 1 is 1.22 bits per heavy atom. The number of tetrazole rings is 1. The number of hydrogen-bond acceptors (Lipinski definition) is 4. The number of nitrogens with one attached hydrogen (secondary N) is 1. The van der Waals surface area contributed by atoms with E-state index >= 15 is 0 Å². The summed E-state index contributed by atoms with van der Waals surface area (Å²) in [5.74, 6) is 0.566. The summed E-state index contributed by atoms with van der Waals surface area (Å²) in [7, 11) is 0. The highest BCUT2D eigenvalue weighted by atomic mass is 16.2. The van der Waals surface area contributed by atoms with E-state index in [-0.39, 0.29) is 5.91 Å². The number of aromatic amines is 1. The molecule has 0 atom stereocenters. The molecule has 6 nitrogen and oxygen atoms in total. The van der Waals surface area contributed by atoms with Gasteiger partial charge in [0.05, 0.1) is 0 Å². The van der Waals surface area contributed by atoms with E-state index in [9.17, 15) is 4.79 Å². The number of aromatic nitrogens is 4. The van der Waals surface area contributed by atoms with Gasteiger partial charge in [-0.05, 0) is 31.2 Å². The molecule has 0 unspecified atom stereocenters. The van der Waals surface area contributed by atoms with Gasteiger partial charge in [-0.1, -0.05) is 12.1 Å². The van der Waals surface area contributed by atoms with Crippen LogP contribution in [0.15, 0.2) is 24.3 Å². The molecule has 0 saturated heterocycles. The minimum absolute atomic E-state index is 0.0414. The van der Waals surface area contributed by atoms with Crippen LogP contribution in [0.25, 0.3) is 11.4 Å². The normalized spacial score (nSPS) is 10.3. The maximum Gasteiger partial charge on any atom is 0.253 e. The van der Waals surface area contributed by atoms with E-state index in [1.165, 1.54) is 0 Å². The predicted molar refractivity (Wildman–Crippen MR) is 66.9 cm³/mol. The van der Waals surface area contributed by atoms with Gasteiger partial charge in [0, 0.05) is 24.2 Å². The van der Waals surface area contributed by atoms with Gasteiger partial charge in [-0.3, -0.25) is 4.79 Å². The van der Waals surface area contributed by atoms with Gasteiger partial charge in [0.15, 0.2) is 0 Å². The molecule has 1 aromatic carbocycles. The van der Waals surface area contributed by atoms with Crippen LogP contribution < -0.4 is 0 Å². The third kappa shape index (κ3) is 2.37. The first-order valence-electron chi connectivity index (χ1n) is 5.89. The van der Waals surface area contributed by atoms with Crippen LogP contribution in [0.1, 0.15) is 24.2 Å². The van der Waals surface area contributed by atoms with Crippen molar-refractivity contribution in [3.63, 3.8) is 0 Å². The fraction of sp³-hybridized carbons (Fsp3) is 0.333. The van der Waals surface area contributed by atoms with Gasteiger partial charge in [-0.2, -0.15) is 5.21 Å². The standard InChI is InChI=1S/C12H15N5O/c1-3-17(4-2)12(18)10-7-5-9(6-8-10)11-13-15-16-14-11/h5-8H,3-4H2,1-2H3,(H,13,14,15,16). The van der Waals surface area contributed by atoms with Gasteiger partial charge in [0.1, 0.15) is 0 Å². The van der Waals surface area contributed by atoms with Gasteiger partial charge in [-0.15, -0.1) is 10.2 Å². The molecule has 2 aromatic rings. The number of amides is 1. The zero-order valence-corrected chi connectivity index (χ0v) is 10.4. The van der Waals surface area contributed by atoms with Gasteiger partial charge in [0.25, 0.3) is 5.91 Å². The van der Waals surface area contributed by atoms with Crippen molar-refractivity contribution >= 4 is 5.91 Å². The summed E-state index contributed by atoms with van der Waals surface area (Å²) in [6, 6.07) is 7.21. The average Bonchev–Trinajstić information content (AvgIpc) is 2.94. The maximum absolute atomic E-state index is 12.1. The zero-order chi connectivity index (χ0) is 13.0. The number of nitrogens with zero attached hydrogens (tertiary/aromatic N) is 4. The van der Waals surface area contributed by atoms with E-state index in [1.807, 2.05) is 26.0 Å². The molecule has 2 rings (SSSR count). The molecule has 18 heavy (non-hydrogen) atoms. The summed E-state index contributed by atoms with van der Waals surface area (Å²) in [4.78, 5) is 13.9. The van der Waals surface area contributed by atoms with Crippen molar-refractivity contribution < 1.29 is 4.79 Å². The molecule has 0 bridgehead atoms. The topological polar surface area (TPSA) is 74.8 Å². The first kappa shape index (κ1) is 12.2. The molecule has 0 radical (unpaired) electrons. The van der Waals surface area contributed by atoms with Gasteiger partial charge >= 0.3 is 0 Å². The lowest BCUT2D eigenvalue weighted by molar-refractivity contribution is 0.0773. The number of benzene rings is 1. The van der Waals surface area contributed by atoms with Crippen LogP contribution in [0.3, 0.4) is 0 Å². The molecule has 0 aliphatic heterocycles. The monoisotopic (exact) mass is 245 g/mol. The second-order valence-corrected chi connectivity index (χ2v) is 3.79. The van der Waals surface area contributed by atoms with Gasteiger partial charge in [0.2, 0.25) is 5.82 Å². The Hall–Kier alpha value is -2.24. The summed E-state index contributed by atoms with van der Waals surface area (Å²) < 4.78 is 0. The molecule has 6 heteroatoms. The van der Waals surface area contributed by atoms with E-state index in [2.05, 4.69) is 20.6 Å². The number of hydrogen-bond donors (Lipinski definition) is 1. The van der Waals surface area contributed by atoms with Crippen molar-refractivity contribution in [2.24, 2.45) is 0 Å². The van der Waals surface area contributed by atoms with E-state index in [4.69, 9.17) is 0 Å². The molecule has 0 saturated carbocycles. The second kappa shape index (κ2) is 5.39. The van der Waals surface area contributed by atoms with E-state index in [0.717, 1.165) is 5.56 Å². The van der Waals surface area contributed by atoms with E-state index in [1.54, 1.807) is 17.0 Å². The number of H-pyrrole nitrogens is 1. The molecule has 1 amide bonds. The van der Waals surface area contributed by atoms with Crippen LogP contribution in [0.5, 0.6) is 0 Å². The third-order valence-corrected chi connectivity index (χ3v) is 2.79. The lowest BCUT2D eigenvalue weighted by atomic mass is 10.1. The van der Waals surface area contributed by atoms with Crippen molar-refractivity contribution in [3.8, 4) is 11.4 Å². The van der Waals surface area contributed by atoms with Gasteiger partial charge < -0.3 is 4.90 Å². The second-order valence-electron chi connectivity index (χ2n) is 3.79. The summed E-state index contributed by atoms with van der Waals surface area (Å²) in [5.41, 5.74) is 1.51. The molecule has 0 fully saturated rings. The molecule has 1 aromatic heterocycles. The summed E-state index contributed by atoms with van der Waals surface area (Å²) in [6.45, 7) is 5.36. The molecule has 94 valence electrons. The number of carbonyl (C=O) groups excluding carboxylic acids is 1. The largest absolute Gasteiger partial charge is 0.339 e. The molecule has 1 N–H and O–H groups in total. The Bertz CT molecular complexity index is 502. The smallest absolute Gasteiger partial charge is 0.253 e. The van der Waals surface area contributed by atoms with Crippen molar-refractivity contribution in [3.05, 3.63) is 29.8 Å². The third-order valence-electron chi connectivity index (χ3n) is 2.79. The van der Waals surface area contributed by atoms with Crippen LogP contribution in [-0.4, -0.2) is 44.5 Å². The Morgan fingerprint density at radius 2 is 1.89 bits per heavy atom. The number of rotatable bonds is 4. The van der Waals surface area contributed by atoms with E-state index < -0.39 is 0 Å². The summed E-state index contributed by atoms with van der Waals surface area (Å²) >= 11 is 0. The highest BCUT2D eigenvalue weighted by Crippen LogP contribution is 2.15. The SMILES string of the molecule is CCN(CC)C(=O)c1ccc(-c2nn[nH]n2)cc1. The quantitative estimate of drug-likeness (QED) is 0.882. The van der Waals surface area contributed by atoms with E-state index in [0.29, 0.717) is 24.5 Å². The predicted octanol–water partition coefficient (Wildman–Crippen LogP) is 1.35. The lowest BCUT2D eigenvalue weighted by Crippen LogP contribution is -2.30. The van der Waals surface area contributed by atoms with Crippen LogP contribution >= 0.6 is 0 Å². The molecule has 0 aliphatic rings. The summed E-state index contributed by atoms with van der Waals surface area (Å²) in [5, 5.41) is 13.7. The summed E-state index contributed by atoms with van der Waals surface area (Å²) in [6.07, 6.45) is 0. The van der Waals surface area contributed by atoms with Crippen LogP contribution in [-0.2, 0) is 0 Å². The minimum Gasteiger partial charge on any atom is -0.339 e. The van der Waals surface area contributed by atoms with Crippen LogP contribution in [0, 0.1) is 0 Å². The highest BCUT2D eigenvalue weighted by molar-refractivity contribution is 5.94. The Balaban J connectivity index is 2.20. The lowest BCUT2D eigenvalue weighted by Gasteiger charge is -2.18. The molecule has 1 heterocycles. The number of carbonyl (C=O) groups is 1. The zero-order valence-electron chi connectivity index (χ0n) is 10.4. The van der Waals surface area contributed by atoms with Crippen molar-refractivity contribution in [2.45, 2.75) is 13.8 Å². The fourth-order valence-electron chi connectivity index (χ4n) is 1.74. The molecule has 0 spiro atoms. The van der Waals surface area contributed by atoms with Gasteiger partial charge in [-0.25, -0.2) is 0 Å². The fourth-order valence-corrected chi connectivity index (χ4v) is 1.74. The van der Waals surface area contributed by atoms with Crippen molar-refractivity contribution in [1.29, 1.82) is 0 Å². The first-order valence-corrected chi connectivity index (χ1v) is 5.89. The first-order chi connectivity index (χ1) is 8.76. The molecular weight excluding hydrogens is 230 g/mol. The van der Waals surface area contributed by atoms with Crippen LogP contribution in [0.2, 0.25) is 0 Å². The van der Waals surface area contributed by atoms with Crippen LogP contribution in [0.4, 0.5) is 0 Å². The van der Waals surface area contributed by atoms with Crippen molar-refractivity contribution in [2.75, 3.05) is 13.1 Å². The Kier molecular flexibility index (Phi) is 3.66. The Morgan fingerprint density at radius 3 is 2.39 bits per heavy atom. The highest BCUT2D eigenvalue weighted by Gasteiger charge is 2.12. The minimum atomic E-state index is 0.0414. The maximum atomic E-state index is 12.1. The average molecular weight is 245 g/mol. The molecule has 0 aliphatic carbocycles. The molecular formula is C12H15N5O.